The van der Waals surface area contributed by atoms with Crippen LogP contribution in [0, 0.1) is 5.92 Å². The summed E-state index contributed by atoms with van der Waals surface area (Å²) in [5.41, 5.74) is -0.174. The lowest BCUT2D eigenvalue weighted by molar-refractivity contribution is -0.139. The van der Waals surface area contributed by atoms with Crippen LogP contribution in [0.15, 0.2) is 0 Å². The number of methoxy groups -OCH3 is 1. The van der Waals surface area contributed by atoms with Crippen LogP contribution in [-0.4, -0.2) is 41.8 Å². The Bertz CT molecular complexity index is 332. The van der Waals surface area contributed by atoms with E-state index in [0.717, 1.165) is 25.7 Å². The van der Waals surface area contributed by atoms with Crippen molar-refractivity contribution in [3.05, 3.63) is 0 Å². The third-order valence-electron chi connectivity index (χ3n) is 4.55. The van der Waals surface area contributed by atoms with Crippen molar-refractivity contribution >= 4 is 5.91 Å². The summed E-state index contributed by atoms with van der Waals surface area (Å²) in [7, 11) is 1.76. The van der Waals surface area contributed by atoms with Crippen molar-refractivity contribution in [1.82, 2.24) is 10.2 Å². The summed E-state index contributed by atoms with van der Waals surface area (Å²) in [5, 5.41) is 3.56. The Morgan fingerprint density at radius 2 is 2.06 bits per heavy atom. The normalized spacial score (nSPS) is 38.9. The topological polar surface area (TPSA) is 41.6 Å². The van der Waals surface area contributed by atoms with Gasteiger partial charge in [0.1, 0.15) is 0 Å². The fourth-order valence-corrected chi connectivity index (χ4v) is 3.11. The van der Waals surface area contributed by atoms with Crippen molar-refractivity contribution in [3.63, 3.8) is 0 Å². The van der Waals surface area contributed by atoms with E-state index in [0.29, 0.717) is 24.0 Å². The summed E-state index contributed by atoms with van der Waals surface area (Å²) in [5.74, 6) is 0.816. The number of amides is 1. The van der Waals surface area contributed by atoms with E-state index in [1.807, 2.05) is 0 Å². The van der Waals surface area contributed by atoms with Gasteiger partial charge in [0.25, 0.3) is 0 Å². The van der Waals surface area contributed by atoms with Crippen molar-refractivity contribution in [1.29, 1.82) is 0 Å². The Morgan fingerprint density at radius 1 is 1.41 bits per heavy atom. The number of hydrogen-bond donors (Lipinski definition) is 1. The molecule has 2 saturated carbocycles. The van der Waals surface area contributed by atoms with Crippen LogP contribution in [0.4, 0.5) is 0 Å². The van der Waals surface area contributed by atoms with Crippen LogP contribution >= 0.6 is 0 Å². The van der Waals surface area contributed by atoms with Gasteiger partial charge >= 0.3 is 0 Å². The second-order valence-electron chi connectivity index (χ2n) is 6.11. The van der Waals surface area contributed by atoms with E-state index < -0.39 is 0 Å². The van der Waals surface area contributed by atoms with E-state index in [9.17, 15) is 4.79 Å². The van der Waals surface area contributed by atoms with Crippen molar-refractivity contribution < 1.29 is 9.53 Å². The Morgan fingerprint density at radius 3 is 2.53 bits per heavy atom. The number of ether oxygens (including phenoxy) is 1. The number of rotatable bonds is 3. The van der Waals surface area contributed by atoms with Gasteiger partial charge < -0.3 is 9.64 Å². The van der Waals surface area contributed by atoms with Gasteiger partial charge in [-0.2, -0.15) is 0 Å². The van der Waals surface area contributed by atoms with Crippen LogP contribution in [0.1, 0.15) is 39.5 Å². The molecule has 1 spiro atoms. The number of nitrogens with one attached hydrogen (secondary N) is 1. The summed E-state index contributed by atoms with van der Waals surface area (Å²) in [6.45, 7) is 4.37. The molecule has 1 N–H and O–H groups in total. The van der Waals surface area contributed by atoms with Crippen LogP contribution in [0.25, 0.3) is 0 Å². The third kappa shape index (κ3) is 1.61. The highest BCUT2D eigenvalue weighted by molar-refractivity contribution is 5.92. The summed E-state index contributed by atoms with van der Waals surface area (Å²) in [6, 6.07) is 0.396. The van der Waals surface area contributed by atoms with Gasteiger partial charge in [0.15, 0.2) is 0 Å². The maximum atomic E-state index is 12.5. The van der Waals surface area contributed by atoms with Gasteiger partial charge in [-0.15, -0.1) is 0 Å². The maximum absolute atomic E-state index is 12.5. The van der Waals surface area contributed by atoms with E-state index in [2.05, 4.69) is 24.1 Å². The molecule has 96 valence electrons. The van der Waals surface area contributed by atoms with Crippen LogP contribution in [0.3, 0.4) is 0 Å². The molecule has 0 aromatic heterocycles. The second kappa shape index (κ2) is 3.69. The van der Waals surface area contributed by atoms with E-state index in [-0.39, 0.29) is 11.7 Å². The molecule has 3 aliphatic rings. The first-order valence-corrected chi connectivity index (χ1v) is 6.70. The van der Waals surface area contributed by atoms with E-state index >= 15 is 0 Å². The first kappa shape index (κ1) is 11.5. The first-order valence-electron chi connectivity index (χ1n) is 6.70. The van der Waals surface area contributed by atoms with Crippen molar-refractivity contribution in [2.45, 2.75) is 63.4 Å². The molecule has 4 nitrogen and oxygen atoms in total. The highest BCUT2D eigenvalue weighted by Crippen LogP contribution is 2.46. The Kier molecular flexibility index (Phi) is 2.49. The summed E-state index contributed by atoms with van der Waals surface area (Å²) in [6.07, 6.45) is 4.63. The number of nitrogens with zero attached hydrogens (tertiary/aromatic N) is 1. The zero-order valence-electron chi connectivity index (χ0n) is 10.9. The molecule has 0 radical (unpaired) electrons. The van der Waals surface area contributed by atoms with Gasteiger partial charge in [0, 0.05) is 13.2 Å². The van der Waals surface area contributed by atoms with Crippen LogP contribution in [0.2, 0.25) is 0 Å². The molecule has 1 amide bonds. The molecule has 2 aliphatic carbocycles. The number of hydrogen-bond acceptors (Lipinski definition) is 3. The largest absolute Gasteiger partial charge is 0.381 e. The molecule has 3 rings (SSSR count). The SMILES string of the molecule is COC1CC(N2C(=O)C3(CC3)NC2C(C)C)C1. The van der Waals surface area contributed by atoms with Gasteiger partial charge in [-0.05, 0) is 31.6 Å². The lowest BCUT2D eigenvalue weighted by atomic mass is 9.87. The molecule has 0 aromatic carbocycles. The molecular weight excluding hydrogens is 216 g/mol. The average Bonchev–Trinajstić information content (AvgIpc) is 2.94. The predicted octanol–water partition coefficient (Wildman–Crippen LogP) is 1.11. The molecule has 1 aliphatic heterocycles. The van der Waals surface area contributed by atoms with E-state index in [4.69, 9.17) is 4.74 Å². The molecule has 1 unspecified atom stereocenters. The molecule has 1 atom stereocenters. The Hall–Kier alpha value is -0.610. The van der Waals surface area contributed by atoms with E-state index in [1.165, 1.54) is 0 Å². The molecule has 0 aromatic rings. The lowest BCUT2D eigenvalue weighted by Gasteiger charge is -2.43. The van der Waals surface area contributed by atoms with Crippen LogP contribution in [-0.2, 0) is 9.53 Å². The Labute approximate surface area is 103 Å². The quantitative estimate of drug-likeness (QED) is 0.801. The predicted molar refractivity (Wildman–Crippen MR) is 64.4 cm³/mol. The lowest BCUT2D eigenvalue weighted by Crippen LogP contribution is -2.54. The van der Waals surface area contributed by atoms with Crippen molar-refractivity contribution in [3.8, 4) is 0 Å². The molecule has 1 heterocycles. The highest BCUT2D eigenvalue weighted by Gasteiger charge is 2.61. The number of carbonyl (C=O) groups excluding carboxylic acids is 1. The minimum atomic E-state index is -0.174. The average molecular weight is 238 g/mol. The van der Waals surface area contributed by atoms with Crippen LogP contribution in [0.5, 0.6) is 0 Å². The zero-order chi connectivity index (χ0) is 12.2. The van der Waals surface area contributed by atoms with Crippen LogP contribution < -0.4 is 5.32 Å². The second-order valence-corrected chi connectivity index (χ2v) is 6.11. The van der Waals surface area contributed by atoms with Gasteiger partial charge in [0.05, 0.1) is 17.8 Å². The Balaban J connectivity index is 1.74. The molecule has 4 heteroatoms. The summed E-state index contributed by atoms with van der Waals surface area (Å²) < 4.78 is 5.32. The highest BCUT2D eigenvalue weighted by atomic mass is 16.5. The minimum Gasteiger partial charge on any atom is -0.381 e. The van der Waals surface area contributed by atoms with Gasteiger partial charge in [-0.1, -0.05) is 13.8 Å². The molecule has 1 saturated heterocycles. The molecule has 0 bridgehead atoms. The minimum absolute atomic E-state index is 0.174. The van der Waals surface area contributed by atoms with Gasteiger partial charge in [-0.25, -0.2) is 0 Å². The van der Waals surface area contributed by atoms with E-state index in [1.54, 1.807) is 7.11 Å². The van der Waals surface area contributed by atoms with Gasteiger partial charge in [-0.3, -0.25) is 10.1 Å². The molecular formula is C13H22N2O2. The first-order chi connectivity index (χ1) is 8.07. The summed E-state index contributed by atoms with van der Waals surface area (Å²) in [4.78, 5) is 14.6. The van der Waals surface area contributed by atoms with Gasteiger partial charge in [0.2, 0.25) is 5.91 Å². The van der Waals surface area contributed by atoms with Crippen molar-refractivity contribution in [2.24, 2.45) is 5.92 Å². The fourth-order valence-electron chi connectivity index (χ4n) is 3.11. The standard InChI is InChI=1S/C13H22N2O2/c1-8(2)11-14-13(4-5-13)12(16)15(11)9-6-10(7-9)17-3/h8-11,14H,4-7H2,1-3H3. The zero-order valence-corrected chi connectivity index (χ0v) is 10.9. The smallest absolute Gasteiger partial charge is 0.244 e. The fraction of sp³-hybridized carbons (Fsp3) is 0.923. The third-order valence-corrected chi connectivity index (χ3v) is 4.55. The van der Waals surface area contributed by atoms with Crippen molar-refractivity contribution in [2.75, 3.05) is 7.11 Å². The molecule has 3 fully saturated rings. The summed E-state index contributed by atoms with van der Waals surface area (Å²) >= 11 is 0. The molecule has 17 heavy (non-hydrogen) atoms. The monoisotopic (exact) mass is 238 g/mol. The maximum Gasteiger partial charge on any atom is 0.244 e. The number of carbonyl (C=O) groups is 1.